The molecule has 1 N–H and O–H groups in total. The maximum atomic E-state index is 12.7. The van der Waals surface area contributed by atoms with Crippen molar-refractivity contribution < 1.29 is 17.9 Å². The van der Waals surface area contributed by atoms with Gasteiger partial charge >= 0.3 is 0 Å². The number of benzene rings is 3. The van der Waals surface area contributed by atoms with E-state index in [2.05, 4.69) is 4.72 Å². The monoisotopic (exact) mass is 438 g/mol. The van der Waals surface area contributed by atoms with Crippen molar-refractivity contribution >= 4 is 21.6 Å². The Morgan fingerprint density at radius 2 is 1.65 bits per heavy atom. The molecule has 7 heteroatoms. The van der Waals surface area contributed by atoms with E-state index in [9.17, 15) is 13.2 Å². The van der Waals surface area contributed by atoms with E-state index in [-0.39, 0.29) is 10.8 Å². The first-order chi connectivity index (χ1) is 14.8. The van der Waals surface area contributed by atoms with Crippen LogP contribution in [-0.2, 0) is 10.0 Å². The number of carbonyl (C=O) groups excluding carboxylic acids is 1. The quantitative estimate of drug-likeness (QED) is 0.570. The molecule has 3 aromatic rings. The van der Waals surface area contributed by atoms with Gasteiger partial charge in [-0.1, -0.05) is 30.3 Å². The molecule has 0 saturated heterocycles. The largest absolute Gasteiger partial charge is 0.492 e. The van der Waals surface area contributed by atoms with Crippen molar-refractivity contribution in [2.45, 2.75) is 18.7 Å². The Hall–Kier alpha value is -3.32. The van der Waals surface area contributed by atoms with E-state index >= 15 is 0 Å². The molecule has 3 rings (SSSR count). The summed E-state index contributed by atoms with van der Waals surface area (Å²) in [5.74, 6) is 0.587. The Bertz CT molecular complexity index is 1140. The molecule has 0 aromatic heterocycles. The molecule has 0 unspecified atom stereocenters. The summed E-state index contributed by atoms with van der Waals surface area (Å²) >= 11 is 0. The second-order valence-corrected chi connectivity index (χ2v) is 8.99. The molecule has 0 aliphatic heterocycles. The number of nitrogens with zero attached hydrogens (tertiary/aromatic N) is 1. The number of likely N-dealkylation sites (N-methyl/N-ethyl adjacent to an activating group) is 1. The molecule has 0 radical (unpaired) electrons. The van der Waals surface area contributed by atoms with Gasteiger partial charge in [-0.15, -0.1) is 0 Å². The Labute approximate surface area is 183 Å². The van der Waals surface area contributed by atoms with Gasteiger partial charge in [0.25, 0.3) is 15.9 Å². The van der Waals surface area contributed by atoms with Gasteiger partial charge in [-0.2, -0.15) is 0 Å². The Morgan fingerprint density at radius 1 is 0.968 bits per heavy atom. The highest BCUT2D eigenvalue weighted by atomic mass is 32.2. The van der Waals surface area contributed by atoms with Crippen molar-refractivity contribution in [2.75, 3.05) is 24.9 Å². The number of amides is 1. The summed E-state index contributed by atoms with van der Waals surface area (Å²) in [6, 6.07) is 21.1. The van der Waals surface area contributed by atoms with E-state index in [0.717, 1.165) is 11.3 Å². The van der Waals surface area contributed by atoms with Crippen molar-refractivity contribution in [3.05, 3.63) is 89.5 Å². The van der Waals surface area contributed by atoms with Crippen molar-refractivity contribution in [1.29, 1.82) is 0 Å². The van der Waals surface area contributed by atoms with Gasteiger partial charge in [-0.3, -0.25) is 9.52 Å². The average Bonchev–Trinajstić information content (AvgIpc) is 2.76. The smallest absolute Gasteiger partial charge is 0.262 e. The van der Waals surface area contributed by atoms with Crippen LogP contribution in [0, 0.1) is 13.8 Å². The van der Waals surface area contributed by atoms with Crippen molar-refractivity contribution in [3.8, 4) is 5.75 Å². The SMILES string of the molecule is Cc1ccc(C)c(S(=O)(=O)Nc2ccc(C(=O)N(C)CCOc3ccccc3)cc2)c1. The molecule has 1 amide bonds. The molecule has 31 heavy (non-hydrogen) atoms. The molecular weight excluding hydrogens is 412 g/mol. The van der Waals surface area contributed by atoms with E-state index in [1.54, 1.807) is 55.3 Å². The first-order valence-electron chi connectivity index (χ1n) is 9.90. The van der Waals surface area contributed by atoms with E-state index in [1.807, 2.05) is 43.3 Å². The van der Waals surface area contributed by atoms with Gasteiger partial charge in [0.2, 0.25) is 0 Å². The number of aryl methyl sites for hydroxylation is 2. The van der Waals surface area contributed by atoms with Crippen LogP contribution in [0.4, 0.5) is 5.69 Å². The number of hydrogen-bond donors (Lipinski definition) is 1. The number of sulfonamides is 1. The summed E-state index contributed by atoms with van der Waals surface area (Å²) in [6.07, 6.45) is 0. The lowest BCUT2D eigenvalue weighted by Gasteiger charge is -2.18. The molecule has 3 aromatic carbocycles. The van der Waals surface area contributed by atoms with Crippen LogP contribution in [-0.4, -0.2) is 39.4 Å². The molecule has 6 nitrogen and oxygen atoms in total. The minimum atomic E-state index is -3.72. The molecule has 0 aliphatic carbocycles. The topological polar surface area (TPSA) is 75.7 Å². The minimum absolute atomic E-state index is 0.166. The standard InChI is InChI=1S/C24H26N2O4S/c1-18-9-10-19(2)23(17-18)31(28,29)25-21-13-11-20(12-14-21)24(27)26(3)15-16-30-22-7-5-4-6-8-22/h4-14,17,25H,15-16H2,1-3H3. The zero-order valence-electron chi connectivity index (χ0n) is 17.8. The van der Waals surface area contributed by atoms with Crippen LogP contribution in [0.25, 0.3) is 0 Å². The van der Waals surface area contributed by atoms with Gasteiger partial charge in [0.1, 0.15) is 12.4 Å². The van der Waals surface area contributed by atoms with Crippen LogP contribution < -0.4 is 9.46 Å². The second kappa shape index (κ2) is 9.66. The predicted molar refractivity (Wildman–Crippen MR) is 122 cm³/mol. The maximum Gasteiger partial charge on any atom is 0.262 e. The van der Waals surface area contributed by atoms with Crippen molar-refractivity contribution in [3.63, 3.8) is 0 Å². The van der Waals surface area contributed by atoms with Crippen molar-refractivity contribution in [1.82, 2.24) is 4.90 Å². The number of carbonyl (C=O) groups is 1. The van der Waals surface area contributed by atoms with Crippen LogP contribution in [0.15, 0.2) is 77.7 Å². The van der Waals surface area contributed by atoms with Crippen LogP contribution in [0.5, 0.6) is 5.75 Å². The van der Waals surface area contributed by atoms with E-state index in [4.69, 9.17) is 4.74 Å². The number of anilines is 1. The summed E-state index contributed by atoms with van der Waals surface area (Å²) in [4.78, 5) is 14.4. The van der Waals surface area contributed by atoms with Crippen LogP contribution in [0.3, 0.4) is 0 Å². The lowest BCUT2D eigenvalue weighted by molar-refractivity contribution is 0.0774. The molecule has 0 bridgehead atoms. The van der Waals surface area contributed by atoms with E-state index in [1.165, 1.54) is 0 Å². The highest BCUT2D eigenvalue weighted by Gasteiger charge is 2.18. The summed E-state index contributed by atoms with van der Waals surface area (Å²) in [6.45, 7) is 4.40. The third kappa shape index (κ3) is 5.86. The lowest BCUT2D eigenvalue weighted by atomic mass is 10.2. The molecule has 0 atom stereocenters. The summed E-state index contributed by atoms with van der Waals surface area (Å²) in [5.41, 5.74) is 2.40. The van der Waals surface area contributed by atoms with Crippen LogP contribution >= 0.6 is 0 Å². The summed E-state index contributed by atoms with van der Waals surface area (Å²) in [5, 5.41) is 0. The molecule has 162 valence electrons. The average molecular weight is 439 g/mol. The molecular formula is C24H26N2O4S. The number of para-hydroxylation sites is 1. The van der Waals surface area contributed by atoms with Crippen LogP contribution in [0.1, 0.15) is 21.5 Å². The third-order valence-electron chi connectivity index (χ3n) is 4.80. The first kappa shape index (κ1) is 22.4. The minimum Gasteiger partial charge on any atom is -0.492 e. The normalized spacial score (nSPS) is 11.1. The zero-order valence-corrected chi connectivity index (χ0v) is 18.6. The fourth-order valence-electron chi connectivity index (χ4n) is 3.03. The van der Waals surface area contributed by atoms with Crippen molar-refractivity contribution in [2.24, 2.45) is 0 Å². The Balaban J connectivity index is 1.61. The van der Waals surface area contributed by atoms with Gasteiger partial charge in [-0.05, 0) is 67.4 Å². The number of ether oxygens (including phenoxy) is 1. The molecule has 0 aliphatic rings. The highest BCUT2D eigenvalue weighted by molar-refractivity contribution is 7.92. The summed E-state index contributed by atoms with van der Waals surface area (Å²) in [7, 11) is -2.01. The Kier molecular flexibility index (Phi) is 6.97. The highest BCUT2D eigenvalue weighted by Crippen LogP contribution is 2.21. The fourth-order valence-corrected chi connectivity index (χ4v) is 4.42. The summed E-state index contributed by atoms with van der Waals surface area (Å²) < 4.78 is 33.7. The zero-order chi connectivity index (χ0) is 22.4. The Morgan fingerprint density at radius 3 is 2.32 bits per heavy atom. The number of hydrogen-bond acceptors (Lipinski definition) is 4. The predicted octanol–water partition coefficient (Wildman–Crippen LogP) is 4.26. The van der Waals surface area contributed by atoms with Gasteiger partial charge < -0.3 is 9.64 Å². The van der Waals surface area contributed by atoms with E-state index in [0.29, 0.717) is 30.0 Å². The van der Waals surface area contributed by atoms with Gasteiger partial charge in [0.15, 0.2) is 0 Å². The number of nitrogens with one attached hydrogen (secondary N) is 1. The second-order valence-electron chi connectivity index (χ2n) is 7.34. The van der Waals surface area contributed by atoms with E-state index < -0.39 is 10.0 Å². The van der Waals surface area contributed by atoms with Gasteiger partial charge in [0.05, 0.1) is 11.4 Å². The number of rotatable bonds is 8. The first-order valence-corrected chi connectivity index (χ1v) is 11.4. The fraction of sp³-hybridized carbons (Fsp3) is 0.208. The molecule has 0 saturated carbocycles. The molecule has 0 heterocycles. The molecule has 0 fully saturated rings. The van der Waals surface area contributed by atoms with Gasteiger partial charge in [0, 0.05) is 18.3 Å². The van der Waals surface area contributed by atoms with Gasteiger partial charge in [-0.25, -0.2) is 8.42 Å². The third-order valence-corrected chi connectivity index (χ3v) is 6.33. The maximum absolute atomic E-state index is 12.7. The van der Waals surface area contributed by atoms with Crippen LogP contribution in [0.2, 0.25) is 0 Å². The molecule has 0 spiro atoms. The lowest BCUT2D eigenvalue weighted by Crippen LogP contribution is -2.30.